The van der Waals surface area contributed by atoms with Crippen molar-refractivity contribution in [3.63, 3.8) is 0 Å². The summed E-state index contributed by atoms with van der Waals surface area (Å²) in [7, 11) is 3.29. The topological polar surface area (TPSA) is 56.3 Å². The van der Waals surface area contributed by atoms with Crippen molar-refractivity contribution in [1.29, 1.82) is 0 Å². The van der Waals surface area contributed by atoms with Crippen LogP contribution < -0.4 is 14.8 Å². The molecule has 1 aromatic heterocycles. The van der Waals surface area contributed by atoms with E-state index in [0.29, 0.717) is 6.54 Å². The van der Waals surface area contributed by atoms with Gasteiger partial charge in [-0.1, -0.05) is 13.0 Å². The lowest BCUT2D eigenvalue weighted by Crippen LogP contribution is -2.21. The maximum Gasteiger partial charge on any atom is 0.161 e. The van der Waals surface area contributed by atoms with Crippen molar-refractivity contribution in [2.24, 2.45) is 0 Å². The van der Waals surface area contributed by atoms with Crippen molar-refractivity contribution in [1.82, 2.24) is 15.5 Å². The zero-order valence-corrected chi connectivity index (χ0v) is 12.7. The molecule has 0 aliphatic carbocycles. The average Bonchev–Trinajstić information content (AvgIpc) is 2.56. The molecule has 0 fully saturated rings. The Balaban J connectivity index is 2.10. The van der Waals surface area contributed by atoms with Gasteiger partial charge in [-0.25, -0.2) is 0 Å². The molecule has 0 radical (unpaired) electrons. The summed E-state index contributed by atoms with van der Waals surface area (Å²) in [6, 6.07) is 10.1. The Hall–Kier alpha value is -2.14. The third kappa shape index (κ3) is 3.92. The van der Waals surface area contributed by atoms with Crippen LogP contribution in [-0.4, -0.2) is 24.4 Å². The first-order valence-electron chi connectivity index (χ1n) is 7.00. The highest BCUT2D eigenvalue weighted by Crippen LogP contribution is 2.30. The molecule has 21 heavy (non-hydrogen) atoms. The van der Waals surface area contributed by atoms with Crippen LogP contribution in [0, 0.1) is 0 Å². The first kappa shape index (κ1) is 15.3. The van der Waals surface area contributed by atoms with Gasteiger partial charge >= 0.3 is 0 Å². The van der Waals surface area contributed by atoms with Crippen LogP contribution in [0.15, 0.2) is 36.5 Å². The summed E-state index contributed by atoms with van der Waals surface area (Å²) in [5.74, 6) is 1.49. The molecule has 1 N–H and O–H groups in total. The Morgan fingerprint density at radius 2 is 1.95 bits per heavy atom. The molecular weight excluding hydrogens is 266 g/mol. The van der Waals surface area contributed by atoms with Gasteiger partial charge in [-0.2, -0.15) is 10.2 Å². The van der Waals surface area contributed by atoms with Gasteiger partial charge in [-0.05, 0) is 36.2 Å². The van der Waals surface area contributed by atoms with Crippen LogP contribution in [0.4, 0.5) is 0 Å². The number of nitrogens with zero attached hydrogens (tertiary/aromatic N) is 2. The predicted octanol–water partition coefficient (Wildman–Crippen LogP) is 2.73. The standard InChI is InChI=1S/C16H21N3O2/c1-4-14(17-11-13-6-5-9-18-19-13)12-7-8-15(20-2)16(10-12)21-3/h5-10,14,17H,4,11H2,1-3H3. The minimum atomic E-state index is 0.229. The van der Waals surface area contributed by atoms with Crippen molar-refractivity contribution in [3.8, 4) is 11.5 Å². The molecule has 5 heteroatoms. The summed E-state index contributed by atoms with van der Waals surface area (Å²) in [6.45, 7) is 2.83. The lowest BCUT2D eigenvalue weighted by Gasteiger charge is -2.18. The quantitative estimate of drug-likeness (QED) is 0.848. The van der Waals surface area contributed by atoms with E-state index >= 15 is 0 Å². The molecule has 0 aliphatic rings. The Morgan fingerprint density at radius 1 is 1.14 bits per heavy atom. The molecule has 0 amide bonds. The Labute approximate surface area is 125 Å². The van der Waals surface area contributed by atoms with Gasteiger partial charge in [-0.15, -0.1) is 0 Å². The smallest absolute Gasteiger partial charge is 0.161 e. The van der Waals surface area contributed by atoms with E-state index in [1.165, 1.54) is 5.56 Å². The van der Waals surface area contributed by atoms with Crippen molar-refractivity contribution >= 4 is 0 Å². The number of nitrogens with one attached hydrogen (secondary N) is 1. The summed E-state index contributed by atoms with van der Waals surface area (Å²) < 4.78 is 10.6. The number of rotatable bonds is 7. The molecule has 0 spiro atoms. The van der Waals surface area contributed by atoms with E-state index in [4.69, 9.17) is 9.47 Å². The van der Waals surface area contributed by atoms with Gasteiger partial charge < -0.3 is 14.8 Å². The monoisotopic (exact) mass is 287 g/mol. The van der Waals surface area contributed by atoms with Crippen molar-refractivity contribution in [3.05, 3.63) is 47.8 Å². The summed E-state index contributed by atoms with van der Waals surface area (Å²) in [6.07, 6.45) is 2.64. The highest BCUT2D eigenvalue weighted by atomic mass is 16.5. The molecule has 0 bridgehead atoms. The maximum atomic E-state index is 5.36. The van der Waals surface area contributed by atoms with Gasteiger partial charge in [0.1, 0.15) is 0 Å². The fourth-order valence-electron chi connectivity index (χ4n) is 2.22. The number of ether oxygens (including phenoxy) is 2. The normalized spacial score (nSPS) is 12.0. The molecule has 1 unspecified atom stereocenters. The molecule has 1 atom stereocenters. The summed E-state index contributed by atoms with van der Waals surface area (Å²) in [4.78, 5) is 0. The summed E-state index contributed by atoms with van der Waals surface area (Å²) in [5, 5.41) is 11.5. The van der Waals surface area contributed by atoms with Crippen LogP contribution in [-0.2, 0) is 6.54 Å². The lowest BCUT2D eigenvalue weighted by atomic mass is 10.0. The molecular formula is C16H21N3O2. The number of methoxy groups -OCH3 is 2. The minimum absolute atomic E-state index is 0.229. The van der Waals surface area contributed by atoms with E-state index in [2.05, 4.69) is 28.5 Å². The molecule has 1 aromatic carbocycles. The van der Waals surface area contributed by atoms with Crippen molar-refractivity contribution in [2.45, 2.75) is 25.9 Å². The van der Waals surface area contributed by atoms with Crippen LogP contribution in [0.1, 0.15) is 30.6 Å². The van der Waals surface area contributed by atoms with E-state index in [1.54, 1.807) is 20.4 Å². The van der Waals surface area contributed by atoms with Crippen molar-refractivity contribution < 1.29 is 9.47 Å². The zero-order valence-electron chi connectivity index (χ0n) is 12.7. The molecule has 5 nitrogen and oxygen atoms in total. The van der Waals surface area contributed by atoms with Crippen LogP contribution >= 0.6 is 0 Å². The van der Waals surface area contributed by atoms with E-state index in [9.17, 15) is 0 Å². The minimum Gasteiger partial charge on any atom is -0.493 e. The first-order valence-corrected chi connectivity index (χ1v) is 7.00. The van der Waals surface area contributed by atoms with Crippen LogP contribution in [0.2, 0.25) is 0 Å². The van der Waals surface area contributed by atoms with Crippen LogP contribution in [0.5, 0.6) is 11.5 Å². The SMILES string of the molecule is CCC(NCc1cccnn1)c1ccc(OC)c(OC)c1. The van der Waals surface area contributed by atoms with Gasteiger partial charge in [0.15, 0.2) is 11.5 Å². The number of hydrogen-bond donors (Lipinski definition) is 1. The average molecular weight is 287 g/mol. The van der Waals surface area contributed by atoms with E-state index in [-0.39, 0.29) is 6.04 Å². The second-order valence-corrected chi connectivity index (χ2v) is 4.67. The van der Waals surface area contributed by atoms with Crippen molar-refractivity contribution in [2.75, 3.05) is 14.2 Å². The highest BCUT2D eigenvalue weighted by molar-refractivity contribution is 5.43. The third-order valence-corrected chi connectivity index (χ3v) is 3.38. The van der Waals surface area contributed by atoms with Gasteiger partial charge in [0.2, 0.25) is 0 Å². The Morgan fingerprint density at radius 3 is 2.57 bits per heavy atom. The van der Waals surface area contributed by atoms with Gasteiger partial charge in [0, 0.05) is 18.8 Å². The molecule has 0 saturated heterocycles. The van der Waals surface area contributed by atoms with Gasteiger partial charge in [-0.3, -0.25) is 0 Å². The second-order valence-electron chi connectivity index (χ2n) is 4.67. The number of benzene rings is 1. The van der Waals surface area contributed by atoms with E-state index in [0.717, 1.165) is 23.6 Å². The third-order valence-electron chi connectivity index (χ3n) is 3.38. The molecule has 2 aromatic rings. The van der Waals surface area contributed by atoms with E-state index in [1.807, 2.05) is 24.3 Å². The highest BCUT2D eigenvalue weighted by Gasteiger charge is 2.12. The second kappa shape index (κ2) is 7.59. The van der Waals surface area contributed by atoms with Crippen LogP contribution in [0.3, 0.4) is 0 Å². The Bertz CT molecular complexity index is 561. The zero-order chi connectivity index (χ0) is 15.1. The fourth-order valence-corrected chi connectivity index (χ4v) is 2.22. The van der Waals surface area contributed by atoms with Crippen LogP contribution in [0.25, 0.3) is 0 Å². The molecule has 112 valence electrons. The van der Waals surface area contributed by atoms with E-state index < -0.39 is 0 Å². The predicted molar refractivity (Wildman–Crippen MR) is 81.4 cm³/mol. The molecule has 1 heterocycles. The largest absolute Gasteiger partial charge is 0.493 e. The van der Waals surface area contributed by atoms with Gasteiger partial charge in [0.05, 0.1) is 19.9 Å². The Kier molecular flexibility index (Phi) is 5.51. The first-order chi connectivity index (χ1) is 10.3. The number of hydrogen-bond acceptors (Lipinski definition) is 5. The molecule has 0 saturated carbocycles. The summed E-state index contributed by atoms with van der Waals surface area (Å²) in [5.41, 5.74) is 2.09. The molecule has 2 rings (SSSR count). The maximum absolute atomic E-state index is 5.36. The number of aromatic nitrogens is 2. The fraction of sp³-hybridized carbons (Fsp3) is 0.375. The summed E-state index contributed by atoms with van der Waals surface area (Å²) >= 11 is 0. The molecule has 0 aliphatic heterocycles. The van der Waals surface area contributed by atoms with Gasteiger partial charge in [0.25, 0.3) is 0 Å². The lowest BCUT2D eigenvalue weighted by molar-refractivity contribution is 0.353.